The van der Waals surface area contributed by atoms with Gasteiger partial charge in [0.2, 0.25) is 5.91 Å². The molecule has 7 heteroatoms. The lowest BCUT2D eigenvalue weighted by molar-refractivity contribution is -0.142. The number of rotatable bonds is 5. The van der Waals surface area contributed by atoms with E-state index in [4.69, 9.17) is 8.83 Å². The summed E-state index contributed by atoms with van der Waals surface area (Å²) in [5, 5.41) is 13.8. The zero-order valence-electron chi connectivity index (χ0n) is 18.1. The van der Waals surface area contributed by atoms with E-state index in [1.54, 1.807) is 43.3 Å². The number of benzene rings is 2. The predicted molar refractivity (Wildman–Crippen MR) is 122 cm³/mol. The molecule has 4 aromatic rings. The number of amides is 1. The Morgan fingerprint density at radius 2 is 1.76 bits per heavy atom. The summed E-state index contributed by atoms with van der Waals surface area (Å²) in [4.78, 5) is 37.2. The largest absolute Gasteiger partial charge is 0.479 e. The van der Waals surface area contributed by atoms with Gasteiger partial charge in [0.15, 0.2) is 6.04 Å². The SMILES string of the molecule is Cc1c(CC(=O)NC(C(=O)O)c2ccccc2)c(=O)oc2cc3oc4c(c3cc12)CCCC4. The molecule has 7 nitrogen and oxygen atoms in total. The Kier molecular flexibility index (Phi) is 5.24. The van der Waals surface area contributed by atoms with Crippen LogP contribution in [0.15, 0.2) is 56.1 Å². The van der Waals surface area contributed by atoms with Crippen molar-refractivity contribution >= 4 is 33.8 Å². The summed E-state index contributed by atoms with van der Waals surface area (Å²) in [7, 11) is 0. The van der Waals surface area contributed by atoms with Crippen molar-refractivity contribution in [2.24, 2.45) is 0 Å². The van der Waals surface area contributed by atoms with Gasteiger partial charge in [-0.25, -0.2) is 9.59 Å². The minimum atomic E-state index is -1.21. The Balaban J connectivity index is 1.50. The monoisotopic (exact) mass is 445 g/mol. The Hall–Kier alpha value is -3.87. The van der Waals surface area contributed by atoms with Crippen molar-refractivity contribution in [3.63, 3.8) is 0 Å². The molecule has 0 saturated carbocycles. The fourth-order valence-electron chi connectivity index (χ4n) is 4.65. The fourth-order valence-corrected chi connectivity index (χ4v) is 4.65. The summed E-state index contributed by atoms with van der Waals surface area (Å²) < 4.78 is 11.5. The summed E-state index contributed by atoms with van der Waals surface area (Å²) in [6, 6.07) is 10.9. The van der Waals surface area contributed by atoms with Crippen LogP contribution in [0.3, 0.4) is 0 Å². The van der Waals surface area contributed by atoms with Crippen LogP contribution in [0.4, 0.5) is 0 Å². The van der Waals surface area contributed by atoms with Gasteiger partial charge < -0.3 is 19.3 Å². The molecule has 33 heavy (non-hydrogen) atoms. The summed E-state index contributed by atoms with van der Waals surface area (Å²) in [5.41, 5.74) is 3.02. The molecule has 1 unspecified atom stereocenters. The normalized spacial score (nSPS) is 14.2. The van der Waals surface area contributed by atoms with E-state index in [1.165, 1.54) is 5.56 Å². The molecule has 2 N–H and O–H groups in total. The molecule has 1 amide bonds. The third-order valence-corrected chi connectivity index (χ3v) is 6.39. The molecule has 1 atom stereocenters. The number of aliphatic carboxylic acids is 1. The zero-order valence-corrected chi connectivity index (χ0v) is 18.1. The zero-order chi connectivity index (χ0) is 23.1. The molecule has 0 fully saturated rings. The van der Waals surface area contributed by atoms with Crippen LogP contribution >= 0.6 is 0 Å². The molecular formula is C26H23NO6. The van der Waals surface area contributed by atoms with Crippen molar-refractivity contribution in [1.29, 1.82) is 0 Å². The highest BCUT2D eigenvalue weighted by Crippen LogP contribution is 2.35. The molecule has 1 aliphatic rings. The molecule has 0 aliphatic heterocycles. The number of hydrogen-bond acceptors (Lipinski definition) is 5. The van der Waals surface area contributed by atoms with Gasteiger partial charge in [-0.2, -0.15) is 0 Å². The van der Waals surface area contributed by atoms with Crippen LogP contribution in [0.5, 0.6) is 0 Å². The molecule has 1 aliphatic carbocycles. The quantitative estimate of drug-likeness (QED) is 0.445. The van der Waals surface area contributed by atoms with Crippen LogP contribution in [-0.4, -0.2) is 17.0 Å². The molecule has 0 saturated heterocycles. The smallest absolute Gasteiger partial charge is 0.340 e. The number of fused-ring (bicyclic) bond motifs is 4. The van der Waals surface area contributed by atoms with E-state index < -0.39 is 23.5 Å². The first-order valence-electron chi connectivity index (χ1n) is 11.0. The van der Waals surface area contributed by atoms with E-state index in [0.29, 0.717) is 22.3 Å². The predicted octanol–water partition coefficient (Wildman–Crippen LogP) is 4.21. The van der Waals surface area contributed by atoms with Crippen molar-refractivity contribution < 1.29 is 23.5 Å². The number of nitrogens with one attached hydrogen (secondary N) is 1. The minimum Gasteiger partial charge on any atom is -0.479 e. The molecule has 168 valence electrons. The molecular weight excluding hydrogens is 422 g/mol. The minimum absolute atomic E-state index is 0.217. The van der Waals surface area contributed by atoms with Gasteiger partial charge in [0, 0.05) is 28.8 Å². The van der Waals surface area contributed by atoms with Crippen LogP contribution in [0.1, 0.15) is 46.9 Å². The van der Waals surface area contributed by atoms with Crippen LogP contribution in [0.2, 0.25) is 0 Å². The van der Waals surface area contributed by atoms with E-state index >= 15 is 0 Å². The van der Waals surface area contributed by atoms with Crippen LogP contribution in [0.25, 0.3) is 21.9 Å². The number of furan rings is 1. The molecule has 2 aromatic heterocycles. The average molecular weight is 445 g/mol. The highest BCUT2D eigenvalue weighted by atomic mass is 16.4. The highest BCUT2D eigenvalue weighted by Gasteiger charge is 2.24. The van der Waals surface area contributed by atoms with Crippen molar-refractivity contribution in [3.05, 3.63) is 80.9 Å². The third kappa shape index (κ3) is 3.80. The molecule has 2 aromatic carbocycles. The van der Waals surface area contributed by atoms with Crippen LogP contribution in [0, 0.1) is 6.92 Å². The van der Waals surface area contributed by atoms with Crippen molar-refractivity contribution in [2.75, 3.05) is 0 Å². The van der Waals surface area contributed by atoms with Crippen LogP contribution < -0.4 is 10.9 Å². The fraction of sp³-hybridized carbons (Fsp3) is 0.269. The maximum Gasteiger partial charge on any atom is 0.340 e. The van der Waals surface area contributed by atoms with E-state index in [-0.39, 0.29) is 12.0 Å². The van der Waals surface area contributed by atoms with Gasteiger partial charge >= 0.3 is 11.6 Å². The molecule has 0 radical (unpaired) electrons. The summed E-state index contributed by atoms with van der Waals surface area (Å²) in [6.45, 7) is 1.78. The number of carbonyl (C=O) groups is 2. The van der Waals surface area contributed by atoms with E-state index in [9.17, 15) is 19.5 Å². The van der Waals surface area contributed by atoms with Gasteiger partial charge in [-0.05, 0) is 43.4 Å². The lowest BCUT2D eigenvalue weighted by atomic mass is 9.94. The van der Waals surface area contributed by atoms with Crippen molar-refractivity contribution in [1.82, 2.24) is 5.32 Å². The second-order valence-corrected chi connectivity index (χ2v) is 8.47. The molecule has 2 heterocycles. The second kappa shape index (κ2) is 8.24. The Morgan fingerprint density at radius 3 is 2.52 bits per heavy atom. The second-order valence-electron chi connectivity index (χ2n) is 8.47. The number of hydrogen-bond donors (Lipinski definition) is 2. The molecule has 0 bridgehead atoms. The Labute approximate surface area is 189 Å². The van der Waals surface area contributed by atoms with Gasteiger partial charge in [-0.3, -0.25) is 4.79 Å². The third-order valence-electron chi connectivity index (χ3n) is 6.39. The Bertz CT molecular complexity index is 1450. The number of aryl methyl sites for hydroxylation is 3. The van der Waals surface area contributed by atoms with Crippen LogP contribution in [-0.2, 0) is 28.9 Å². The first-order chi connectivity index (χ1) is 15.9. The van der Waals surface area contributed by atoms with Gasteiger partial charge in [-0.1, -0.05) is 30.3 Å². The maximum absolute atomic E-state index is 12.7. The lowest BCUT2D eigenvalue weighted by Gasteiger charge is -2.15. The summed E-state index contributed by atoms with van der Waals surface area (Å²) >= 11 is 0. The van der Waals surface area contributed by atoms with Gasteiger partial charge in [-0.15, -0.1) is 0 Å². The van der Waals surface area contributed by atoms with Crippen molar-refractivity contribution in [3.8, 4) is 0 Å². The first kappa shape index (κ1) is 21.0. The van der Waals surface area contributed by atoms with E-state index in [0.717, 1.165) is 42.2 Å². The van der Waals surface area contributed by atoms with Gasteiger partial charge in [0.25, 0.3) is 0 Å². The average Bonchev–Trinajstić information content (AvgIpc) is 3.17. The topological polar surface area (TPSA) is 110 Å². The Morgan fingerprint density at radius 1 is 1.03 bits per heavy atom. The first-order valence-corrected chi connectivity index (χ1v) is 11.0. The van der Waals surface area contributed by atoms with Gasteiger partial charge in [0.1, 0.15) is 16.9 Å². The highest BCUT2D eigenvalue weighted by molar-refractivity contribution is 5.97. The number of carbonyl (C=O) groups excluding carboxylic acids is 1. The number of carboxylic acids is 1. The lowest BCUT2D eigenvalue weighted by Crippen LogP contribution is -2.35. The van der Waals surface area contributed by atoms with E-state index in [2.05, 4.69) is 5.32 Å². The summed E-state index contributed by atoms with van der Waals surface area (Å²) in [5.74, 6) is -0.751. The molecule has 0 spiro atoms. The maximum atomic E-state index is 12.7. The number of carboxylic acid groups (broad SMARTS) is 1. The van der Waals surface area contributed by atoms with E-state index in [1.807, 2.05) is 6.07 Å². The standard InChI is InChI=1S/C26H23NO6/c1-14-17-11-19-16-9-5-6-10-20(16)32-22(19)13-21(17)33-26(31)18(14)12-23(28)27-24(25(29)30)15-7-3-2-4-8-15/h2-4,7-8,11,13,24H,5-6,9-10,12H2,1H3,(H,27,28)(H,29,30). The van der Waals surface area contributed by atoms with Gasteiger partial charge in [0.05, 0.1) is 12.0 Å². The molecule has 5 rings (SSSR count). The van der Waals surface area contributed by atoms with Crippen molar-refractivity contribution in [2.45, 2.75) is 45.1 Å². The summed E-state index contributed by atoms with van der Waals surface area (Å²) in [6.07, 6.45) is 3.79.